The van der Waals surface area contributed by atoms with Crippen molar-refractivity contribution in [1.82, 2.24) is 15.6 Å². The van der Waals surface area contributed by atoms with E-state index in [1.807, 2.05) is 19.1 Å². The van der Waals surface area contributed by atoms with E-state index in [1.165, 1.54) is 12.8 Å². The number of hydrogen-bond acceptors (Lipinski definition) is 4. The normalized spacial score (nSPS) is 15.3. The molecule has 1 aromatic rings. The molecule has 1 saturated carbocycles. The van der Waals surface area contributed by atoms with Crippen LogP contribution in [0.3, 0.4) is 0 Å². The van der Waals surface area contributed by atoms with E-state index in [0.29, 0.717) is 24.9 Å². The second-order valence-corrected chi connectivity index (χ2v) is 5.44. The molecule has 1 aliphatic carbocycles. The summed E-state index contributed by atoms with van der Waals surface area (Å²) in [6.07, 6.45) is 4.25. The van der Waals surface area contributed by atoms with Crippen LogP contribution in [0.4, 0.5) is 4.79 Å². The first-order chi connectivity index (χ1) is 10.2. The highest BCUT2D eigenvalue weighted by atomic mass is 16.5. The first-order valence-corrected chi connectivity index (χ1v) is 7.28. The van der Waals surface area contributed by atoms with Crippen LogP contribution >= 0.6 is 0 Å². The molecule has 2 amide bonds. The average molecular weight is 293 g/mol. The molecule has 0 saturated heterocycles. The number of aromatic nitrogens is 1. The van der Waals surface area contributed by atoms with E-state index in [4.69, 9.17) is 9.47 Å². The third-order valence-corrected chi connectivity index (χ3v) is 3.21. The highest BCUT2D eigenvalue weighted by molar-refractivity contribution is 5.74. The number of urea groups is 1. The summed E-state index contributed by atoms with van der Waals surface area (Å²) >= 11 is 0. The third-order valence-electron chi connectivity index (χ3n) is 3.21. The van der Waals surface area contributed by atoms with Crippen molar-refractivity contribution in [2.75, 3.05) is 20.3 Å². The summed E-state index contributed by atoms with van der Waals surface area (Å²) < 4.78 is 10.5. The van der Waals surface area contributed by atoms with Gasteiger partial charge < -0.3 is 20.1 Å². The Bertz CT molecular complexity index is 446. The Balaban J connectivity index is 1.68. The molecule has 6 heteroatoms. The number of nitrogens with one attached hydrogen (secondary N) is 2. The summed E-state index contributed by atoms with van der Waals surface area (Å²) in [5.41, 5.74) is 0.934. The molecule has 0 spiro atoms. The van der Waals surface area contributed by atoms with Gasteiger partial charge in [0.15, 0.2) is 0 Å². The van der Waals surface area contributed by atoms with Crippen LogP contribution in [0, 0.1) is 5.92 Å². The van der Waals surface area contributed by atoms with E-state index in [-0.39, 0.29) is 12.1 Å². The molecule has 0 aromatic carbocycles. The molecule has 6 nitrogen and oxygen atoms in total. The smallest absolute Gasteiger partial charge is 0.315 e. The molecule has 21 heavy (non-hydrogen) atoms. The molecule has 0 radical (unpaired) electrons. The molecule has 116 valence electrons. The number of ether oxygens (including phenoxy) is 2. The minimum absolute atomic E-state index is 0.0219. The zero-order valence-electron chi connectivity index (χ0n) is 12.6. The lowest BCUT2D eigenvalue weighted by molar-refractivity contribution is 0.171. The summed E-state index contributed by atoms with van der Waals surface area (Å²) in [7, 11) is 1.61. The fraction of sp³-hybridized carbons (Fsp3) is 0.600. The van der Waals surface area contributed by atoms with Crippen molar-refractivity contribution in [2.45, 2.75) is 32.4 Å². The third kappa shape index (κ3) is 5.99. The standard InChI is InChI=1S/C15H23N3O3/c1-11(9-20-2)18-15(19)17-8-13-5-6-14(16-7-13)21-10-12-3-4-12/h5-7,11-12H,3-4,8-10H2,1-2H3,(H2,17,18,19)/t11-/m0/s1. The van der Waals surface area contributed by atoms with Gasteiger partial charge in [0.05, 0.1) is 19.3 Å². The van der Waals surface area contributed by atoms with E-state index >= 15 is 0 Å². The van der Waals surface area contributed by atoms with Gasteiger partial charge in [-0.15, -0.1) is 0 Å². The molecule has 1 atom stereocenters. The van der Waals surface area contributed by atoms with Crippen LogP contribution in [-0.2, 0) is 11.3 Å². The first kappa shape index (κ1) is 15.6. The largest absolute Gasteiger partial charge is 0.477 e. The maximum Gasteiger partial charge on any atom is 0.315 e. The molecular weight excluding hydrogens is 270 g/mol. The molecule has 2 N–H and O–H groups in total. The lowest BCUT2D eigenvalue weighted by atomic mass is 10.3. The molecular formula is C15H23N3O3. The van der Waals surface area contributed by atoms with Crippen molar-refractivity contribution in [3.63, 3.8) is 0 Å². The quantitative estimate of drug-likeness (QED) is 0.765. The summed E-state index contributed by atoms with van der Waals surface area (Å²) in [5, 5.41) is 5.56. The van der Waals surface area contributed by atoms with Crippen molar-refractivity contribution in [2.24, 2.45) is 5.92 Å². The van der Waals surface area contributed by atoms with Crippen LogP contribution in [0.5, 0.6) is 5.88 Å². The van der Waals surface area contributed by atoms with Gasteiger partial charge in [-0.3, -0.25) is 0 Å². The Morgan fingerprint density at radius 2 is 2.29 bits per heavy atom. The van der Waals surface area contributed by atoms with Gasteiger partial charge in [0, 0.05) is 25.9 Å². The van der Waals surface area contributed by atoms with Crippen LogP contribution in [0.15, 0.2) is 18.3 Å². The predicted molar refractivity (Wildman–Crippen MR) is 79.2 cm³/mol. The highest BCUT2D eigenvalue weighted by Gasteiger charge is 2.22. The number of carbonyl (C=O) groups is 1. The Labute approximate surface area is 125 Å². The molecule has 0 bridgehead atoms. The van der Waals surface area contributed by atoms with Gasteiger partial charge in [-0.1, -0.05) is 6.07 Å². The monoisotopic (exact) mass is 293 g/mol. The maximum atomic E-state index is 11.6. The lowest BCUT2D eigenvalue weighted by Crippen LogP contribution is -2.42. The Kier molecular flexibility index (Phi) is 5.80. The highest BCUT2D eigenvalue weighted by Crippen LogP contribution is 2.29. The number of carbonyl (C=O) groups excluding carboxylic acids is 1. The fourth-order valence-corrected chi connectivity index (χ4v) is 1.84. The predicted octanol–water partition coefficient (Wildman–Crippen LogP) is 1.70. The number of rotatable bonds is 8. The van der Waals surface area contributed by atoms with Crippen LogP contribution in [-0.4, -0.2) is 37.4 Å². The van der Waals surface area contributed by atoms with Crippen molar-refractivity contribution in [3.8, 4) is 5.88 Å². The topological polar surface area (TPSA) is 72.5 Å². The Hall–Kier alpha value is -1.82. The molecule has 1 aromatic heterocycles. The van der Waals surface area contributed by atoms with E-state index in [9.17, 15) is 4.79 Å². The maximum absolute atomic E-state index is 11.6. The van der Waals surface area contributed by atoms with Crippen molar-refractivity contribution < 1.29 is 14.3 Å². The second-order valence-electron chi connectivity index (χ2n) is 5.44. The number of nitrogens with zero attached hydrogens (tertiary/aromatic N) is 1. The van der Waals surface area contributed by atoms with Crippen molar-refractivity contribution >= 4 is 6.03 Å². The zero-order chi connectivity index (χ0) is 15.1. The van der Waals surface area contributed by atoms with Crippen LogP contribution in [0.1, 0.15) is 25.3 Å². The van der Waals surface area contributed by atoms with Gasteiger partial charge >= 0.3 is 6.03 Å². The fourth-order valence-electron chi connectivity index (χ4n) is 1.84. The van der Waals surface area contributed by atoms with E-state index in [1.54, 1.807) is 13.3 Å². The number of amides is 2. The minimum atomic E-state index is -0.214. The lowest BCUT2D eigenvalue weighted by Gasteiger charge is -2.13. The average Bonchev–Trinajstić information content (AvgIpc) is 3.28. The minimum Gasteiger partial charge on any atom is -0.477 e. The van der Waals surface area contributed by atoms with Gasteiger partial charge in [-0.2, -0.15) is 0 Å². The molecule has 0 aliphatic heterocycles. The summed E-state index contributed by atoms with van der Waals surface area (Å²) in [6.45, 7) is 3.56. The van der Waals surface area contributed by atoms with Crippen LogP contribution < -0.4 is 15.4 Å². The van der Waals surface area contributed by atoms with Crippen LogP contribution in [0.2, 0.25) is 0 Å². The summed E-state index contributed by atoms with van der Waals surface area (Å²) in [6, 6.07) is 3.51. The number of pyridine rings is 1. The van der Waals surface area contributed by atoms with Crippen LogP contribution in [0.25, 0.3) is 0 Å². The zero-order valence-corrected chi connectivity index (χ0v) is 12.6. The summed E-state index contributed by atoms with van der Waals surface area (Å²) in [4.78, 5) is 15.9. The van der Waals surface area contributed by atoms with Gasteiger partial charge in [0.25, 0.3) is 0 Å². The van der Waals surface area contributed by atoms with E-state index < -0.39 is 0 Å². The van der Waals surface area contributed by atoms with Gasteiger partial charge in [-0.05, 0) is 31.2 Å². The first-order valence-electron chi connectivity index (χ1n) is 7.28. The van der Waals surface area contributed by atoms with Crippen molar-refractivity contribution in [3.05, 3.63) is 23.9 Å². The van der Waals surface area contributed by atoms with Gasteiger partial charge in [0.1, 0.15) is 0 Å². The van der Waals surface area contributed by atoms with Gasteiger partial charge in [0.2, 0.25) is 5.88 Å². The number of methoxy groups -OCH3 is 1. The second kappa shape index (κ2) is 7.83. The molecule has 1 fully saturated rings. The van der Waals surface area contributed by atoms with E-state index in [2.05, 4.69) is 15.6 Å². The molecule has 0 unspecified atom stereocenters. The Morgan fingerprint density at radius 3 is 2.90 bits per heavy atom. The number of hydrogen-bond donors (Lipinski definition) is 2. The SMILES string of the molecule is COC[C@H](C)NC(=O)NCc1ccc(OCC2CC2)nc1. The van der Waals surface area contributed by atoms with E-state index in [0.717, 1.165) is 12.2 Å². The molecule has 1 heterocycles. The Morgan fingerprint density at radius 1 is 1.48 bits per heavy atom. The molecule has 2 rings (SSSR count). The molecule has 1 aliphatic rings. The summed E-state index contributed by atoms with van der Waals surface area (Å²) in [5.74, 6) is 1.36. The van der Waals surface area contributed by atoms with Crippen molar-refractivity contribution in [1.29, 1.82) is 0 Å². The van der Waals surface area contributed by atoms with Gasteiger partial charge in [-0.25, -0.2) is 9.78 Å².